The number of nitrogens with zero attached hydrogens (tertiary/aromatic N) is 1. The lowest BCUT2D eigenvalue weighted by Crippen LogP contribution is -2.10. The molecule has 0 aliphatic carbocycles. The molecule has 0 radical (unpaired) electrons. The van der Waals surface area contributed by atoms with E-state index in [2.05, 4.69) is 10.0 Å². The van der Waals surface area contributed by atoms with Gasteiger partial charge >= 0.3 is 0 Å². The fourth-order valence-electron chi connectivity index (χ4n) is 3.41. The first-order chi connectivity index (χ1) is 14.4. The Morgan fingerprint density at radius 3 is 1.77 bits per heavy atom. The van der Waals surface area contributed by atoms with E-state index in [1.807, 2.05) is 48.5 Å². The van der Waals surface area contributed by atoms with Crippen molar-refractivity contribution in [2.24, 2.45) is 0 Å². The Morgan fingerprint density at radius 1 is 0.800 bits per heavy atom. The van der Waals surface area contributed by atoms with Crippen molar-refractivity contribution in [3.05, 3.63) is 60.7 Å². The van der Waals surface area contributed by atoms with Crippen LogP contribution < -0.4 is 19.5 Å². The largest absolute Gasteiger partial charge is 0.494 e. The van der Waals surface area contributed by atoms with E-state index >= 15 is 0 Å². The molecule has 0 fully saturated rings. The van der Waals surface area contributed by atoms with Gasteiger partial charge in [-0.15, -0.1) is 0 Å². The van der Waals surface area contributed by atoms with Gasteiger partial charge in [0.25, 0.3) is 0 Å². The quantitative estimate of drug-likeness (QED) is 0.443. The van der Waals surface area contributed by atoms with Gasteiger partial charge in [0.05, 0.1) is 42.9 Å². The molecule has 1 heterocycles. The van der Waals surface area contributed by atoms with Gasteiger partial charge in [-0.3, -0.25) is 4.72 Å². The molecule has 0 saturated carbocycles. The molecule has 8 heteroatoms. The zero-order valence-electron chi connectivity index (χ0n) is 16.8. The summed E-state index contributed by atoms with van der Waals surface area (Å²) in [6.07, 6.45) is 1.09. The molecule has 0 unspecified atom stereocenters. The number of para-hydroxylation sites is 2. The average Bonchev–Trinajstić information content (AvgIpc) is 2.72. The van der Waals surface area contributed by atoms with Gasteiger partial charge in [-0.1, -0.05) is 36.4 Å². The summed E-state index contributed by atoms with van der Waals surface area (Å²) in [6.45, 7) is 0. The molecule has 0 amide bonds. The van der Waals surface area contributed by atoms with Crippen molar-refractivity contribution in [3.63, 3.8) is 0 Å². The number of hydrogen-bond acceptors (Lipinski definition) is 6. The number of anilines is 3. The highest BCUT2D eigenvalue weighted by molar-refractivity contribution is 7.92. The van der Waals surface area contributed by atoms with Crippen LogP contribution in [-0.4, -0.2) is 33.9 Å². The molecule has 4 aromatic rings. The molecule has 0 bridgehead atoms. The lowest BCUT2D eigenvalue weighted by atomic mass is 10.1. The van der Waals surface area contributed by atoms with Gasteiger partial charge in [0.15, 0.2) is 0 Å². The van der Waals surface area contributed by atoms with E-state index in [9.17, 15) is 8.42 Å². The van der Waals surface area contributed by atoms with Crippen molar-refractivity contribution in [2.45, 2.75) is 0 Å². The van der Waals surface area contributed by atoms with E-state index in [0.717, 1.165) is 33.7 Å². The fourth-order valence-corrected chi connectivity index (χ4v) is 3.95. The van der Waals surface area contributed by atoms with Crippen LogP contribution in [0.1, 0.15) is 0 Å². The van der Waals surface area contributed by atoms with Gasteiger partial charge < -0.3 is 14.8 Å². The van der Waals surface area contributed by atoms with Crippen molar-refractivity contribution >= 4 is 48.9 Å². The molecule has 0 saturated heterocycles. The molecule has 0 atom stereocenters. The zero-order chi connectivity index (χ0) is 21.3. The predicted octanol–water partition coefficient (Wildman–Crippen LogP) is 4.52. The van der Waals surface area contributed by atoms with Crippen molar-refractivity contribution < 1.29 is 17.9 Å². The Labute approximate surface area is 174 Å². The minimum absolute atomic E-state index is 0.348. The zero-order valence-corrected chi connectivity index (χ0v) is 17.6. The Hall–Kier alpha value is -3.52. The average molecular weight is 423 g/mol. The number of hydrogen-bond donors (Lipinski definition) is 2. The Bertz CT molecular complexity index is 1270. The first-order valence-electron chi connectivity index (χ1n) is 9.18. The van der Waals surface area contributed by atoms with Crippen LogP contribution in [-0.2, 0) is 10.0 Å². The van der Waals surface area contributed by atoms with Crippen molar-refractivity contribution in [1.82, 2.24) is 4.98 Å². The molecule has 1 aromatic heterocycles. The molecule has 4 rings (SSSR count). The molecule has 0 aliphatic rings. The lowest BCUT2D eigenvalue weighted by molar-refractivity contribution is 0.398. The van der Waals surface area contributed by atoms with E-state index in [1.165, 1.54) is 14.2 Å². The first kappa shape index (κ1) is 19.8. The minimum Gasteiger partial charge on any atom is -0.494 e. The number of benzene rings is 3. The predicted molar refractivity (Wildman–Crippen MR) is 121 cm³/mol. The number of aromatic nitrogens is 1. The van der Waals surface area contributed by atoms with Crippen LogP contribution >= 0.6 is 0 Å². The van der Waals surface area contributed by atoms with E-state index in [-0.39, 0.29) is 0 Å². The van der Waals surface area contributed by atoms with Crippen molar-refractivity contribution in [1.29, 1.82) is 0 Å². The minimum atomic E-state index is -3.45. The second-order valence-corrected chi connectivity index (χ2v) is 8.52. The molecule has 0 spiro atoms. The fraction of sp³-hybridized carbons (Fsp3) is 0.136. The van der Waals surface area contributed by atoms with Crippen LogP contribution in [0.5, 0.6) is 11.5 Å². The number of sulfonamides is 1. The summed E-state index contributed by atoms with van der Waals surface area (Å²) in [5.74, 6) is 0.871. The summed E-state index contributed by atoms with van der Waals surface area (Å²) in [7, 11) is -0.405. The molecular formula is C22H21N3O4S. The topological polar surface area (TPSA) is 89.5 Å². The molecule has 7 nitrogen and oxygen atoms in total. The molecular weight excluding hydrogens is 402 g/mol. The highest BCUT2D eigenvalue weighted by Crippen LogP contribution is 2.42. The van der Waals surface area contributed by atoms with Crippen LogP contribution in [0.25, 0.3) is 21.8 Å². The first-order valence-corrected chi connectivity index (χ1v) is 11.1. The summed E-state index contributed by atoms with van der Waals surface area (Å²) in [5.41, 5.74) is 3.50. The summed E-state index contributed by atoms with van der Waals surface area (Å²) < 4.78 is 36.9. The highest BCUT2D eigenvalue weighted by Gasteiger charge is 2.17. The van der Waals surface area contributed by atoms with Crippen LogP contribution in [0.3, 0.4) is 0 Å². The van der Waals surface area contributed by atoms with Gasteiger partial charge in [0.1, 0.15) is 17.2 Å². The normalized spacial score (nSPS) is 11.4. The Balaban J connectivity index is 1.93. The van der Waals surface area contributed by atoms with Gasteiger partial charge in [0, 0.05) is 22.9 Å². The summed E-state index contributed by atoms with van der Waals surface area (Å²) in [6, 6.07) is 18.9. The number of methoxy groups -OCH3 is 2. The van der Waals surface area contributed by atoms with Crippen LogP contribution in [0, 0.1) is 0 Å². The van der Waals surface area contributed by atoms with Crippen LogP contribution in [0.4, 0.5) is 17.1 Å². The third kappa shape index (κ3) is 3.81. The number of rotatable bonds is 6. The van der Waals surface area contributed by atoms with Gasteiger partial charge in [-0.25, -0.2) is 13.4 Å². The standard InChI is InChI=1S/C22H21N3O4S/c1-28-19-12-14(25-30(3,26)27)13-20(29-2)22(19)24-21-15-8-4-6-10-17(15)23-18-11-7-5-9-16(18)21/h4-13,25H,1-3H3,(H,23,24). The van der Waals surface area contributed by atoms with Crippen molar-refractivity contribution in [3.8, 4) is 11.5 Å². The molecule has 2 N–H and O–H groups in total. The second-order valence-electron chi connectivity index (χ2n) is 6.78. The van der Waals surface area contributed by atoms with Crippen LogP contribution in [0.2, 0.25) is 0 Å². The number of pyridine rings is 1. The maximum absolute atomic E-state index is 11.7. The summed E-state index contributed by atoms with van der Waals surface area (Å²) in [5, 5.41) is 5.34. The lowest BCUT2D eigenvalue weighted by Gasteiger charge is -2.19. The number of nitrogens with one attached hydrogen (secondary N) is 2. The van der Waals surface area contributed by atoms with E-state index in [1.54, 1.807) is 12.1 Å². The van der Waals surface area contributed by atoms with Crippen LogP contribution in [0.15, 0.2) is 60.7 Å². The SMILES string of the molecule is COc1cc(NS(C)(=O)=O)cc(OC)c1Nc1c2ccccc2nc2ccccc12. The second kappa shape index (κ2) is 7.72. The third-order valence-electron chi connectivity index (χ3n) is 4.65. The third-order valence-corrected chi connectivity index (χ3v) is 5.25. The van der Waals surface area contributed by atoms with E-state index in [0.29, 0.717) is 22.9 Å². The van der Waals surface area contributed by atoms with Gasteiger partial charge in [-0.2, -0.15) is 0 Å². The monoisotopic (exact) mass is 423 g/mol. The molecule has 3 aromatic carbocycles. The van der Waals surface area contributed by atoms with E-state index < -0.39 is 10.0 Å². The van der Waals surface area contributed by atoms with Gasteiger partial charge in [0.2, 0.25) is 10.0 Å². The maximum atomic E-state index is 11.7. The van der Waals surface area contributed by atoms with Crippen molar-refractivity contribution in [2.75, 3.05) is 30.5 Å². The molecule has 30 heavy (non-hydrogen) atoms. The highest BCUT2D eigenvalue weighted by atomic mass is 32.2. The molecule has 154 valence electrons. The number of fused-ring (bicyclic) bond motifs is 2. The summed E-state index contributed by atoms with van der Waals surface area (Å²) >= 11 is 0. The number of ether oxygens (including phenoxy) is 2. The van der Waals surface area contributed by atoms with E-state index in [4.69, 9.17) is 14.5 Å². The Kier molecular flexibility index (Phi) is 5.09. The summed E-state index contributed by atoms with van der Waals surface area (Å²) in [4.78, 5) is 4.74. The smallest absolute Gasteiger partial charge is 0.229 e. The Morgan fingerprint density at radius 2 is 1.30 bits per heavy atom. The maximum Gasteiger partial charge on any atom is 0.229 e. The van der Waals surface area contributed by atoms with Gasteiger partial charge in [-0.05, 0) is 12.1 Å². The molecule has 0 aliphatic heterocycles.